The van der Waals surface area contributed by atoms with Crippen molar-refractivity contribution in [2.45, 2.75) is 18.9 Å². The van der Waals surface area contributed by atoms with Crippen LogP contribution in [-0.4, -0.2) is 52.0 Å². The average molecular weight is 216 g/mol. The van der Waals surface area contributed by atoms with Crippen LogP contribution in [0.2, 0.25) is 0 Å². The Balaban J connectivity index is 1.92. The lowest BCUT2D eigenvalue weighted by molar-refractivity contribution is -0.129. The number of rotatable bonds is 7. The van der Waals surface area contributed by atoms with Gasteiger partial charge in [-0.15, -0.1) is 0 Å². The molecule has 0 aliphatic carbocycles. The lowest BCUT2D eigenvalue weighted by atomic mass is 10.2. The summed E-state index contributed by atoms with van der Waals surface area (Å²) in [7, 11) is 1.67. The second-order valence-corrected chi connectivity index (χ2v) is 3.54. The number of amides is 1. The Morgan fingerprint density at radius 2 is 2.33 bits per heavy atom. The second-order valence-electron chi connectivity index (χ2n) is 3.54. The molecule has 88 valence electrons. The standard InChI is InChI=1S/C10H20N2O3/c1-14-8-6-11-4-5-12-10(13)9-3-2-7-15-9/h9,11H,2-8H2,1H3,(H,12,13)/t9-/m1/s1. The molecule has 1 heterocycles. The van der Waals surface area contributed by atoms with Crippen molar-refractivity contribution in [1.29, 1.82) is 0 Å². The molecule has 1 atom stereocenters. The Morgan fingerprint density at radius 1 is 1.47 bits per heavy atom. The van der Waals surface area contributed by atoms with Gasteiger partial charge in [-0.2, -0.15) is 0 Å². The predicted octanol–water partition coefficient (Wildman–Crippen LogP) is -0.482. The van der Waals surface area contributed by atoms with Gasteiger partial charge in [0.25, 0.3) is 0 Å². The molecule has 0 spiro atoms. The molecule has 0 unspecified atom stereocenters. The highest BCUT2D eigenvalue weighted by Gasteiger charge is 2.22. The zero-order valence-corrected chi connectivity index (χ0v) is 9.25. The van der Waals surface area contributed by atoms with Crippen molar-refractivity contribution in [2.24, 2.45) is 0 Å². The molecule has 1 amide bonds. The molecule has 0 radical (unpaired) electrons. The molecule has 0 aromatic carbocycles. The van der Waals surface area contributed by atoms with E-state index in [2.05, 4.69) is 10.6 Å². The molecule has 1 rings (SSSR count). The molecule has 15 heavy (non-hydrogen) atoms. The number of methoxy groups -OCH3 is 1. The smallest absolute Gasteiger partial charge is 0.249 e. The summed E-state index contributed by atoms with van der Waals surface area (Å²) in [5, 5.41) is 5.99. The number of hydrogen-bond donors (Lipinski definition) is 2. The first kappa shape index (κ1) is 12.4. The van der Waals surface area contributed by atoms with Crippen LogP contribution in [0.5, 0.6) is 0 Å². The maximum Gasteiger partial charge on any atom is 0.249 e. The van der Waals surface area contributed by atoms with Crippen LogP contribution in [0.3, 0.4) is 0 Å². The van der Waals surface area contributed by atoms with E-state index < -0.39 is 0 Å². The Hall–Kier alpha value is -0.650. The summed E-state index contributed by atoms with van der Waals surface area (Å²) in [6.07, 6.45) is 1.62. The monoisotopic (exact) mass is 216 g/mol. The minimum Gasteiger partial charge on any atom is -0.383 e. The van der Waals surface area contributed by atoms with Crippen molar-refractivity contribution in [2.75, 3.05) is 40.0 Å². The van der Waals surface area contributed by atoms with E-state index in [1.807, 2.05) is 0 Å². The maximum absolute atomic E-state index is 11.4. The first-order chi connectivity index (χ1) is 7.34. The molecule has 5 nitrogen and oxygen atoms in total. The third kappa shape index (κ3) is 5.11. The van der Waals surface area contributed by atoms with Gasteiger partial charge in [-0.25, -0.2) is 0 Å². The largest absolute Gasteiger partial charge is 0.383 e. The van der Waals surface area contributed by atoms with Gasteiger partial charge in [0.05, 0.1) is 6.61 Å². The van der Waals surface area contributed by atoms with E-state index in [9.17, 15) is 4.79 Å². The summed E-state index contributed by atoms with van der Waals surface area (Å²) >= 11 is 0. The fraction of sp³-hybridized carbons (Fsp3) is 0.900. The van der Waals surface area contributed by atoms with Crippen LogP contribution in [0.1, 0.15) is 12.8 Å². The summed E-state index contributed by atoms with van der Waals surface area (Å²) < 4.78 is 10.1. The Morgan fingerprint density at radius 3 is 3.00 bits per heavy atom. The Labute approximate surface area is 90.5 Å². The molecule has 1 aliphatic rings. The number of ether oxygens (including phenoxy) is 2. The number of carbonyl (C=O) groups is 1. The lowest BCUT2D eigenvalue weighted by Crippen LogP contribution is -2.38. The van der Waals surface area contributed by atoms with E-state index in [0.29, 0.717) is 19.8 Å². The Bertz CT molecular complexity index is 182. The normalized spacial score (nSPS) is 20.5. The third-order valence-electron chi connectivity index (χ3n) is 2.31. The summed E-state index contributed by atoms with van der Waals surface area (Å²) in [5.41, 5.74) is 0. The maximum atomic E-state index is 11.4. The SMILES string of the molecule is COCCNCCNC(=O)[C@H]1CCCO1. The molecule has 1 fully saturated rings. The zero-order valence-electron chi connectivity index (χ0n) is 9.25. The quantitative estimate of drug-likeness (QED) is 0.564. The van der Waals surface area contributed by atoms with Gasteiger partial charge in [0.2, 0.25) is 5.91 Å². The van der Waals surface area contributed by atoms with Gasteiger partial charge < -0.3 is 20.1 Å². The highest BCUT2D eigenvalue weighted by Crippen LogP contribution is 2.11. The summed E-state index contributed by atoms with van der Waals surface area (Å²) in [6.45, 7) is 3.63. The van der Waals surface area contributed by atoms with Gasteiger partial charge in [0.1, 0.15) is 6.10 Å². The molecule has 0 saturated carbocycles. The van der Waals surface area contributed by atoms with Crippen molar-refractivity contribution in [3.05, 3.63) is 0 Å². The molecular formula is C10H20N2O3. The molecule has 5 heteroatoms. The van der Waals surface area contributed by atoms with Crippen molar-refractivity contribution in [3.8, 4) is 0 Å². The van der Waals surface area contributed by atoms with Crippen molar-refractivity contribution < 1.29 is 14.3 Å². The summed E-state index contributed by atoms with van der Waals surface area (Å²) in [6, 6.07) is 0. The highest BCUT2D eigenvalue weighted by molar-refractivity contribution is 5.80. The fourth-order valence-electron chi connectivity index (χ4n) is 1.47. The predicted molar refractivity (Wildman–Crippen MR) is 56.7 cm³/mol. The topological polar surface area (TPSA) is 59.6 Å². The van der Waals surface area contributed by atoms with Crippen LogP contribution in [-0.2, 0) is 14.3 Å². The van der Waals surface area contributed by atoms with E-state index in [-0.39, 0.29) is 12.0 Å². The number of nitrogens with one attached hydrogen (secondary N) is 2. The molecule has 1 aliphatic heterocycles. The van der Waals surface area contributed by atoms with Gasteiger partial charge in [-0.3, -0.25) is 4.79 Å². The second kappa shape index (κ2) is 7.62. The highest BCUT2D eigenvalue weighted by atomic mass is 16.5. The van der Waals surface area contributed by atoms with Crippen LogP contribution in [0.15, 0.2) is 0 Å². The van der Waals surface area contributed by atoms with Crippen LogP contribution >= 0.6 is 0 Å². The van der Waals surface area contributed by atoms with Crippen molar-refractivity contribution >= 4 is 5.91 Å². The number of carbonyl (C=O) groups excluding carboxylic acids is 1. The van der Waals surface area contributed by atoms with E-state index in [4.69, 9.17) is 9.47 Å². The third-order valence-corrected chi connectivity index (χ3v) is 2.31. The van der Waals surface area contributed by atoms with Gasteiger partial charge >= 0.3 is 0 Å². The van der Waals surface area contributed by atoms with Gasteiger partial charge in [-0.1, -0.05) is 0 Å². The summed E-state index contributed by atoms with van der Waals surface area (Å²) in [4.78, 5) is 11.4. The van der Waals surface area contributed by atoms with Crippen LogP contribution in [0.25, 0.3) is 0 Å². The first-order valence-corrected chi connectivity index (χ1v) is 5.43. The van der Waals surface area contributed by atoms with Crippen LogP contribution < -0.4 is 10.6 Å². The molecule has 1 saturated heterocycles. The zero-order chi connectivity index (χ0) is 10.9. The van der Waals surface area contributed by atoms with Crippen molar-refractivity contribution in [1.82, 2.24) is 10.6 Å². The van der Waals surface area contributed by atoms with Crippen LogP contribution in [0, 0.1) is 0 Å². The van der Waals surface area contributed by atoms with E-state index in [1.54, 1.807) is 7.11 Å². The lowest BCUT2D eigenvalue weighted by Gasteiger charge is -2.10. The number of hydrogen-bond acceptors (Lipinski definition) is 4. The first-order valence-electron chi connectivity index (χ1n) is 5.43. The summed E-state index contributed by atoms with van der Waals surface area (Å²) in [5.74, 6) is 0.0149. The molecule has 2 N–H and O–H groups in total. The van der Waals surface area contributed by atoms with Crippen molar-refractivity contribution in [3.63, 3.8) is 0 Å². The Kier molecular flexibility index (Phi) is 6.31. The van der Waals surface area contributed by atoms with E-state index >= 15 is 0 Å². The molecule has 0 aromatic heterocycles. The molecule has 0 aromatic rings. The van der Waals surface area contributed by atoms with E-state index in [1.165, 1.54) is 0 Å². The van der Waals surface area contributed by atoms with E-state index in [0.717, 1.165) is 25.9 Å². The van der Waals surface area contributed by atoms with Gasteiger partial charge in [-0.05, 0) is 12.8 Å². The average Bonchev–Trinajstić information content (AvgIpc) is 2.76. The molecule has 0 bridgehead atoms. The van der Waals surface area contributed by atoms with Gasteiger partial charge in [0.15, 0.2) is 0 Å². The van der Waals surface area contributed by atoms with Crippen LogP contribution in [0.4, 0.5) is 0 Å². The van der Waals surface area contributed by atoms with Gasteiger partial charge in [0, 0.05) is 33.4 Å². The fourth-order valence-corrected chi connectivity index (χ4v) is 1.47. The minimum atomic E-state index is -0.219. The molecular weight excluding hydrogens is 196 g/mol. The minimum absolute atomic E-state index is 0.0149.